The molecule has 3 amide bonds. The molecule has 0 spiro atoms. The molecule has 0 radical (unpaired) electrons. The zero-order valence-electron chi connectivity index (χ0n) is 19.2. The van der Waals surface area contributed by atoms with Crippen molar-refractivity contribution in [3.8, 4) is 0 Å². The van der Waals surface area contributed by atoms with Crippen LogP contribution >= 0.6 is 23.2 Å². The van der Waals surface area contributed by atoms with Crippen molar-refractivity contribution in [3.63, 3.8) is 0 Å². The van der Waals surface area contributed by atoms with Gasteiger partial charge in [0, 0.05) is 38.1 Å². The van der Waals surface area contributed by atoms with Crippen LogP contribution in [0.5, 0.6) is 0 Å². The largest absolute Gasteiger partial charge is 0.351 e. The lowest BCUT2D eigenvalue weighted by atomic mass is 9.82. The van der Waals surface area contributed by atoms with Crippen molar-refractivity contribution in [2.24, 2.45) is 12.8 Å². The Morgan fingerprint density at radius 2 is 1.83 bits per heavy atom. The van der Waals surface area contributed by atoms with E-state index in [1.807, 2.05) is 30.3 Å². The standard InChI is InChI=1S/C23H25Cl2N5O4S/c1-28-18-10-9-17(24)20(25)16(18)13-19(28)21(31)27-23(15-7-4-3-5-8-15)11-6-12-30(14-23)35(33,34)29(2)22(26)32/h3-5,7-10,13H,6,11-12,14H2,1-2H3,(H2,26,32)(H,27,31). The second-order valence-corrected chi connectivity index (χ2v) is 11.3. The Balaban J connectivity index is 1.75. The number of halogens is 2. The summed E-state index contributed by atoms with van der Waals surface area (Å²) in [5, 5.41) is 4.46. The summed E-state index contributed by atoms with van der Waals surface area (Å²) in [4.78, 5) is 25.2. The number of carbonyl (C=O) groups is 2. The van der Waals surface area contributed by atoms with Gasteiger partial charge in [0.15, 0.2) is 0 Å². The van der Waals surface area contributed by atoms with Crippen LogP contribution in [0.4, 0.5) is 4.79 Å². The number of nitrogens with two attached hydrogens (primary N) is 1. The highest BCUT2D eigenvalue weighted by Crippen LogP contribution is 2.35. The maximum Gasteiger partial charge on any atom is 0.329 e. The summed E-state index contributed by atoms with van der Waals surface area (Å²) in [7, 11) is -1.32. The number of amides is 3. The van der Waals surface area contributed by atoms with Gasteiger partial charge in [-0.1, -0.05) is 53.5 Å². The number of aryl methyl sites for hydroxylation is 1. The van der Waals surface area contributed by atoms with Crippen LogP contribution in [0.2, 0.25) is 10.0 Å². The lowest BCUT2D eigenvalue weighted by Gasteiger charge is -2.43. The van der Waals surface area contributed by atoms with Crippen molar-refractivity contribution in [2.75, 3.05) is 20.1 Å². The zero-order chi connectivity index (χ0) is 25.5. The van der Waals surface area contributed by atoms with Gasteiger partial charge >= 0.3 is 16.2 Å². The molecule has 1 aromatic heterocycles. The molecular formula is C23H25Cl2N5O4S. The van der Waals surface area contributed by atoms with E-state index in [0.29, 0.717) is 38.3 Å². The number of primary amides is 1. The summed E-state index contributed by atoms with van der Waals surface area (Å²) in [5.74, 6) is -0.401. The van der Waals surface area contributed by atoms with E-state index in [1.54, 1.807) is 29.8 Å². The van der Waals surface area contributed by atoms with Gasteiger partial charge in [0.25, 0.3) is 5.91 Å². The number of rotatable bonds is 5. The lowest BCUT2D eigenvalue weighted by molar-refractivity contribution is 0.0833. The Kier molecular flexibility index (Phi) is 6.76. The Morgan fingerprint density at radius 3 is 2.49 bits per heavy atom. The number of benzene rings is 2. The van der Waals surface area contributed by atoms with E-state index in [-0.39, 0.29) is 13.1 Å². The van der Waals surface area contributed by atoms with E-state index in [1.165, 1.54) is 4.31 Å². The number of urea groups is 1. The Labute approximate surface area is 213 Å². The van der Waals surface area contributed by atoms with Gasteiger partial charge in [0.2, 0.25) is 0 Å². The molecule has 12 heteroatoms. The third-order valence-electron chi connectivity index (χ3n) is 6.47. The molecule has 3 N–H and O–H groups in total. The van der Waals surface area contributed by atoms with E-state index in [4.69, 9.17) is 28.9 Å². The summed E-state index contributed by atoms with van der Waals surface area (Å²) in [6, 6.07) is 13.2. The number of hydrogen-bond acceptors (Lipinski definition) is 4. The van der Waals surface area contributed by atoms with Gasteiger partial charge in [0.05, 0.1) is 15.6 Å². The van der Waals surface area contributed by atoms with Gasteiger partial charge < -0.3 is 15.6 Å². The van der Waals surface area contributed by atoms with Crippen molar-refractivity contribution in [1.82, 2.24) is 18.5 Å². The van der Waals surface area contributed by atoms with Crippen LogP contribution in [0.1, 0.15) is 28.9 Å². The molecule has 1 saturated heterocycles. The predicted molar refractivity (Wildman–Crippen MR) is 136 cm³/mol. The molecule has 1 aliphatic heterocycles. The fraction of sp³-hybridized carbons (Fsp3) is 0.304. The lowest BCUT2D eigenvalue weighted by Crippen LogP contribution is -2.60. The van der Waals surface area contributed by atoms with E-state index in [9.17, 15) is 18.0 Å². The van der Waals surface area contributed by atoms with Crippen LogP contribution in [0.15, 0.2) is 48.5 Å². The van der Waals surface area contributed by atoms with Gasteiger partial charge in [-0.25, -0.2) is 9.10 Å². The highest BCUT2D eigenvalue weighted by Gasteiger charge is 2.44. The molecule has 3 aromatic rings. The molecule has 1 aliphatic rings. The fourth-order valence-electron chi connectivity index (χ4n) is 4.52. The topological polar surface area (TPSA) is 118 Å². The van der Waals surface area contributed by atoms with Gasteiger partial charge in [-0.2, -0.15) is 12.7 Å². The fourth-order valence-corrected chi connectivity index (χ4v) is 6.21. The van der Waals surface area contributed by atoms with Crippen molar-refractivity contribution < 1.29 is 18.0 Å². The monoisotopic (exact) mass is 537 g/mol. The first-order chi connectivity index (χ1) is 16.5. The summed E-state index contributed by atoms with van der Waals surface area (Å²) in [6.45, 7) is 0.117. The van der Waals surface area contributed by atoms with E-state index in [0.717, 1.165) is 18.1 Å². The maximum atomic E-state index is 13.6. The van der Waals surface area contributed by atoms with Crippen molar-refractivity contribution in [3.05, 3.63) is 69.8 Å². The van der Waals surface area contributed by atoms with Crippen LogP contribution < -0.4 is 11.1 Å². The number of piperidine rings is 1. The van der Waals surface area contributed by atoms with Crippen LogP contribution in [-0.2, 0) is 22.8 Å². The van der Waals surface area contributed by atoms with E-state index < -0.39 is 27.7 Å². The van der Waals surface area contributed by atoms with Crippen LogP contribution in [0.25, 0.3) is 10.9 Å². The number of nitrogens with one attached hydrogen (secondary N) is 1. The number of nitrogens with zero attached hydrogens (tertiary/aromatic N) is 3. The average molecular weight is 538 g/mol. The van der Waals surface area contributed by atoms with Crippen molar-refractivity contribution >= 4 is 56.3 Å². The third kappa shape index (κ3) is 4.47. The highest BCUT2D eigenvalue weighted by molar-refractivity contribution is 7.87. The van der Waals surface area contributed by atoms with E-state index in [2.05, 4.69) is 5.32 Å². The smallest absolute Gasteiger partial charge is 0.329 e. The number of fused-ring (bicyclic) bond motifs is 1. The van der Waals surface area contributed by atoms with Gasteiger partial charge in [-0.15, -0.1) is 0 Å². The minimum atomic E-state index is -4.18. The normalized spacial score (nSPS) is 19.0. The molecular weight excluding hydrogens is 513 g/mol. The van der Waals surface area contributed by atoms with Gasteiger partial charge in [-0.3, -0.25) is 4.79 Å². The van der Waals surface area contributed by atoms with Crippen LogP contribution in [0, 0.1) is 0 Å². The molecule has 9 nitrogen and oxygen atoms in total. The minimum Gasteiger partial charge on any atom is -0.351 e. The minimum absolute atomic E-state index is 0.0702. The van der Waals surface area contributed by atoms with Crippen molar-refractivity contribution in [2.45, 2.75) is 18.4 Å². The number of carbonyl (C=O) groups excluding carboxylic acids is 2. The Bertz CT molecular complexity index is 1410. The molecule has 2 heterocycles. The summed E-state index contributed by atoms with van der Waals surface area (Å²) in [5.41, 5.74) is 6.00. The molecule has 1 atom stereocenters. The Hall–Kier alpha value is -2.79. The van der Waals surface area contributed by atoms with Gasteiger partial charge in [-0.05, 0) is 36.6 Å². The first-order valence-electron chi connectivity index (χ1n) is 10.8. The van der Waals surface area contributed by atoms with Crippen LogP contribution in [0.3, 0.4) is 0 Å². The molecule has 0 bridgehead atoms. The molecule has 186 valence electrons. The van der Waals surface area contributed by atoms with Crippen molar-refractivity contribution in [1.29, 1.82) is 0 Å². The van der Waals surface area contributed by atoms with E-state index >= 15 is 0 Å². The molecule has 4 rings (SSSR count). The second kappa shape index (κ2) is 9.34. The van der Waals surface area contributed by atoms with Crippen LogP contribution in [-0.4, -0.2) is 53.7 Å². The van der Waals surface area contributed by atoms with Gasteiger partial charge in [0.1, 0.15) is 5.69 Å². The Morgan fingerprint density at radius 1 is 1.14 bits per heavy atom. The SMILES string of the molecule is CN(C(N)=O)S(=O)(=O)N1CCCC(NC(=O)c2cc3c(Cl)c(Cl)ccc3n2C)(c2ccccc2)C1. The molecule has 0 aliphatic carbocycles. The summed E-state index contributed by atoms with van der Waals surface area (Å²) in [6.07, 6.45) is 0.948. The predicted octanol–water partition coefficient (Wildman–Crippen LogP) is 3.46. The summed E-state index contributed by atoms with van der Waals surface area (Å²) >= 11 is 12.5. The second-order valence-electron chi connectivity index (χ2n) is 8.54. The maximum absolute atomic E-state index is 13.6. The number of aromatic nitrogens is 1. The molecule has 2 aromatic carbocycles. The third-order valence-corrected chi connectivity index (χ3v) is 9.12. The molecule has 1 fully saturated rings. The first-order valence-corrected chi connectivity index (χ1v) is 13.0. The highest BCUT2D eigenvalue weighted by atomic mass is 35.5. The molecule has 1 unspecified atom stereocenters. The molecule has 35 heavy (non-hydrogen) atoms. The number of hydrogen-bond donors (Lipinski definition) is 2. The average Bonchev–Trinajstić information content (AvgIpc) is 3.18. The molecule has 0 saturated carbocycles. The zero-order valence-corrected chi connectivity index (χ0v) is 21.5. The summed E-state index contributed by atoms with van der Waals surface area (Å²) < 4.78 is 29.5. The first kappa shape index (κ1) is 25.3. The quantitative estimate of drug-likeness (QED) is 0.517.